The van der Waals surface area contributed by atoms with E-state index in [0.29, 0.717) is 17.4 Å². The summed E-state index contributed by atoms with van der Waals surface area (Å²) >= 11 is 0. The number of anilines is 1. The van der Waals surface area contributed by atoms with Crippen LogP contribution >= 0.6 is 0 Å². The highest BCUT2D eigenvalue weighted by Gasteiger charge is 2.00. The van der Waals surface area contributed by atoms with Gasteiger partial charge in [-0.2, -0.15) is 4.98 Å². The minimum absolute atomic E-state index is 0.375. The number of rotatable bonds is 0. The molecule has 0 fully saturated rings. The molecule has 82 valence electrons. The molecule has 0 spiro atoms. The van der Waals surface area contributed by atoms with Crippen LogP contribution in [0.4, 0.5) is 5.95 Å². The van der Waals surface area contributed by atoms with E-state index >= 15 is 0 Å². The summed E-state index contributed by atoms with van der Waals surface area (Å²) in [6.07, 6.45) is 6.75. The van der Waals surface area contributed by atoms with Gasteiger partial charge >= 0.3 is 0 Å². The van der Waals surface area contributed by atoms with Gasteiger partial charge in [-0.1, -0.05) is 0 Å². The molecule has 0 radical (unpaired) electrons. The summed E-state index contributed by atoms with van der Waals surface area (Å²) in [5.74, 6) is 1.07. The van der Waals surface area contributed by atoms with Crippen molar-refractivity contribution in [1.82, 2.24) is 29.9 Å². The van der Waals surface area contributed by atoms with Crippen LogP contribution in [0.2, 0.25) is 0 Å². The zero-order valence-electron chi connectivity index (χ0n) is 8.68. The van der Waals surface area contributed by atoms with Crippen LogP contribution in [0.5, 0.6) is 0 Å². The smallest absolute Gasteiger partial charge is 0.200 e. The van der Waals surface area contributed by atoms with Gasteiger partial charge in [-0.05, 0) is 6.92 Å². The third-order valence-electron chi connectivity index (χ3n) is 1.78. The van der Waals surface area contributed by atoms with Gasteiger partial charge in [0.15, 0.2) is 11.6 Å². The van der Waals surface area contributed by atoms with Crippen molar-refractivity contribution >= 4 is 17.1 Å². The molecule has 0 aliphatic rings. The molecule has 4 N–H and O–H groups in total. The molecule has 0 aliphatic heterocycles. The number of aromatic nitrogens is 6. The van der Waals surface area contributed by atoms with Gasteiger partial charge in [0, 0.05) is 12.4 Å². The van der Waals surface area contributed by atoms with Gasteiger partial charge in [-0.25, -0.2) is 15.0 Å². The van der Waals surface area contributed by atoms with Gasteiger partial charge in [-0.15, -0.1) is 0 Å². The Morgan fingerprint density at radius 3 is 2.81 bits per heavy atom. The Hall–Kier alpha value is -2.44. The minimum atomic E-state index is 0.375. The molecular weight excluding hydrogens is 206 g/mol. The molecule has 0 aliphatic carbocycles. The molecular formula is C9H11N7. The summed E-state index contributed by atoms with van der Waals surface area (Å²) in [6.45, 7) is 1.81. The van der Waals surface area contributed by atoms with Crippen LogP contribution < -0.4 is 5.73 Å². The highest BCUT2D eigenvalue weighted by atomic mass is 15.1. The average Bonchev–Trinajstić information content (AvgIpc) is 2.87. The maximum Gasteiger partial charge on any atom is 0.200 e. The Morgan fingerprint density at radius 1 is 1.31 bits per heavy atom. The van der Waals surface area contributed by atoms with E-state index in [9.17, 15) is 0 Å². The van der Waals surface area contributed by atoms with Crippen molar-refractivity contribution in [3.05, 3.63) is 30.7 Å². The third-order valence-corrected chi connectivity index (χ3v) is 1.78. The Kier molecular flexibility index (Phi) is 2.77. The lowest BCUT2D eigenvalue weighted by atomic mass is 10.5. The number of nitrogens with one attached hydrogen (secondary N) is 2. The molecule has 0 saturated carbocycles. The lowest BCUT2D eigenvalue weighted by Gasteiger charge is -1.87. The third kappa shape index (κ3) is 2.32. The van der Waals surface area contributed by atoms with Crippen LogP contribution in [0, 0.1) is 6.92 Å². The van der Waals surface area contributed by atoms with E-state index in [1.54, 1.807) is 24.9 Å². The Labute approximate surface area is 91.2 Å². The number of aromatic amines is 2. The maximum atomic E-state index is 5.41. The molecule has 3 aromatic rings. The fourth-order valence-corrected chi connectivity index (χ4v) is 1.13. The van der Waals surface area contributed by atoms with E-state index < -0.39 is 0 Å². The largest absolute Gasteiger partial charge is 0.369 e. The first-order valence-corrected chi connectivity index (χ1v) is 4.63. The molecule has 16 heavy (non-hydrogen) atoms. The van der Waals surface area contributed by atoms with Crippen molar-refractivity contribution < 1.29 is 0 Å². The highest BCUT2D eigenvalue weighted by Crippen LogP contribution is 2.07. The van der Waals surface area contributed by atoms with Crippen molar-refractivity contribution in [2.24, 2.45) is 0 Å². The number of H-pyrrole nitrogens is 2. The molecule has 3 rings (SSSR count). The standard InChI is InChI=1S/C6H7N5.C3H4N2/c1-3-8-2-4-5(9-3)11-6(7)10-4;1-2-5-3-4-1/h2H,1H3,(H3,7,8,9,10,11);1-3H,(H,4,5). The molecule has 0 aromatic carbocycles. The highest BCUT2D eigenvalue weighted by molar-refractivity contribution is 5.71. The normalized spacial score (nSPS) is 9.81. The van der Waals surface area contributed by atoms with Crippen LogP contribution in [-0.4, -0.2) is 29.9 Å². The molecule has 0 unspecified atom stereocenters. The molecule has 0 bridgehead atoms. The van der Waals surface area contributed by atoms with Crippen LogP contribution in [0.25, 0.3) is 11.2 Å². The zero-order valence-corrected chi connectivity index (χ0v) is 8.68. The van der Waals surface area contributed by atoms with Gasteiger partial charge in [0.05, 0.1) is 12.5 Å². The van der Waals surface area contributed by atoms with Gasteiger partial charge in [0.2, 0.25) is 0 Å². The second kappa shape index (κ2) is 4.39. The summed E-state index contributed by atoms with van der Waals surface area (Å²) < 4.78 is 0. The second-order valence-corrected chi connectivity index (χ2v) is 3.04. The van der Waals surface area contributed by atoms with E-state index in [1.165, 1.54) is 0 Å². The van der Waals surface area contributed by atoms with Crippen molar-refractivity contribution in [2.75, 3.05) is 5.73 Å². The molecule has 3 heterocycles. The molecule has 0 saturated heterocycles. The van der Waals surface area contributed by atoms with Crippen molar-refractivity contribution in [2.45, 2.75) is 6.92 Å². The summed E-state index contributed by atoms with van der Waals surface area (Å²) in [5.41, 5.74) is 6.80. The van der Waals surface area contributed by atoms with E-state index in [-0.39, 0.29) is 0 Å². The van der Waals surface area contributed by atoms with E-state index in [1.807, 2.05) is 6.92 Å². The molecule has 7 nitrogen and oxygen atoms in total. The Morgan fingerprint density at radius 2 is 2.19 bits per heavy atom. The minimum Gasteiger partial charge on any atom is -0.369 e. The van der Waals surface area contributed by atoms with Crippen molar-refractivity contribution in [1.29, 1.82) is 0 Å². The number of hydrogen-bond donors (Lipinski definition) is 3. The van der Waals surface area contributed by atoms with Gasteiger partial charge in [-0.3, -0.25) is 0 Å². The summed E-state index contributed by atoms with van der Waals surface area (Å²) in [4.78, 5) is 21.2. The first-order chi connectivity index (χ1) is 7.75. The molecule has 0 amide bonds. The number of aryl methyl sites for hydroxylation is 1. The van der Waals surface area contributed by atoms with Crippen LogP contribution in [0.3, 0.4) is 0 Å². The SMILES string of the molecule is Cc1ncc2[nH]c(N)nc2n1.c1c[nH]cn1. The summed E-state index contributed by atoms with van der Waals surface area (Å²) in [7, 11) is 0. The zero-order chi connectivity index (χ0) is 11.4. The quantitative estimate of drug-likeness (QED) is 0.512. The molecule has 7 heteroatoms. The van der Waals surface area contributed by atoms with Crippen LogP contribution in [0.15, 0.2) is 24.9 Å². The van der Waals surface area contributed by atoms with Crippen molar-refractivity contribution in [3.8, 4) is 0 Å². The maximum absolute atomic E-state index is 5.41. The summed E-state index contributed by atoms with van der Waals surface area (Å²) in [5, 5.41) is 0. The predicted molar refractivity (Wildman–Crippen MR) is 59.4 cm³/mol. The fourth-order valence-electron chi connectivity index (χ4n) is 1.13. The lowest BCUT2D eigenvalue weighted by Crippen LogP contribution is -1.86. The topological polar surface area (TPSA) is 109 Å². The second-order valence-electron chi connectivity index (χ2n) is 3.04. The first kappa shape index (κ1) is 10.1. The summed E-state index contributed by atoms with van der Waals surface area (Å²) in [6, 6.07) is 0. The van der Waals surface area contributed by atoms with Crippen LogP contribution in [0.1, 0.15) is 5.82 Å². The number of fused-ring (bicyclic) bond motifs is 1. The monoisotopic (exact) mass is 217 g/mol. The molecule has 3 aromatic heterocycles. The van der Waals surface area contributed by atoms with Crippen molar-refractivity contribution in [3.63, 3.8) is 0 Å². The van der Waals surface area contributed by atoms with E-state index in [0.717, 1.165) is 5.52 Å². The number of imidazole rings is 2. The number of nitrogen functional groups attached to an aromatic ring is 1. The van der Waals surface area contributed by atoms with E-state index in [2.05, 4.69) is 29.9 Å². The number of hydrogen-bond acceptors (Lipinski definition) is 5. The number of nitrogens with two attached hydrogens (primary N) is 1. The Balaban J connectivity index is 0.000000162. The fraction of sp³-hybridized carbons (Fsp3) is 0.111. The van der Waals surface area contributed by atoms with E-state index in [4.69, 9.17) is 5.73 Å². The van der Waals surface area contributed by atoms with Gasteiger partial charge in [0.1, 0.15) is 11.3 Å². The number of nitrogens with zero attached hydrogens (tertiary/aromatic N) is 4. The predicted octanol–water partition coefficient (Wildman–Crippen LogP) is 0.653. The Bertz CT molecular complexity index is 537. The van der Waals surface area contributed by atoms with Crippen LogP contribution in [-0.2, 0) is 0 Å². The van der Waals surface area contributed by atoms with Gasteiger partial charge < -0.3 is 15.7 Å². The first-order valence-electron chi connectivity index (χ1n) is 4.63. The molecule has 0 atom stereocenters. The van der Waals surface area contributed by atoms with Gasteiger partial charge in [0.25, 0.3) is 0 Å². The lowest BCUT2D eigenvalue weighted by molar-refractivity contribution is 1.08. The average molecular weight is 217 g/mol.